The van der Waals surface area contributed by atoms with Crippen molar-refractivity contribution in [1.82, 2.24) is 10.6 Å². The van der Waals surface area contributed by atoms with Crippen LogP contribution >= 0.6 is 0 Å². The zero-order valence-electron chi connectivity index (χ0n) is 14.2. The van der Waals surface area contributed by atoms with Crippen LogP contribution in [0.5, 0.6) is 0 Å². The molecule has 2 aromatic carbocycles. The second-order valence-electron chi connectivity index (χ2n) is 5.76. The summed E-state index contributed by atoms with van der Waals surface area (Å²) in [4.78, 5) is 23.7. The van der Waals surface area contributed by atoms with Gasteiger partial charge in [-0.1, -0.05) is 60.7 Å². The Balaban J connectivity index is 1.82. The lowest BCUT2D eigenvalue weighted by atomic mass is 9.76. The molecule has 2 aromatic rings. The number of carbonyl (C=O) groups is 2. The van der Waals surface area contributed by atoms with Gasteiger partial charge in [0.2, 0.25) is 11.8 Å². The third-order valence-corrected chi connectivity index (χ3v) is 3.68. The Morgan fingerprint density at radius 1 is 0.885 bits per heavy atom. The second-order valence-corrected chi connectivity index (χ2v) is 5.76. The predicted octanol–water partition coefficient (Wildman–Crippen LogP) is 0.598. The molecule has 7 heteroatoms. The van der Waals surface area contributed by atoms with E-state index in [1.165, 1.54) is 0 Å². The Morgan fingerprint density at radius 2 is 1.42 bits per heavy atom. The first-order chi connectivity index (χ1) is 12.5. The minimum Gasteiger partial charge on any atom is -0.426 e. The third kappa shape index (κ3) is 6.92. The highest BCUT2D eigenvalue weighted by atomic mass is 16.4. The minimum absolute atomic E-state index is 0.262. The minimum atomic E-state index is -1.71. The van der Waals surface area contributed by atoms with Gasteiger partial charge in [-0.05, 0) is 17.5 Å². The summed E-state index contributed by atoms with van der Waals surface area (Å²) in [7, 11) is -1.71. The van der Waals surface area contributed by atoms with E-state index in [1.807, 2.05) is 60.7 Å². The molecule has 26 heavy (non-hydrogen) atoms. The van der Waals surface area contributed by atoms with E-state index < -0.39 is 24.9 Å². The fourth-order valence-electron chi connectivity index (χ4n) is 2.33. The summed E-state index contributed by atoms with van der Waals surface area (Å²) in [5.74, 6) is -1.86. The van der Waals surface area contributed by atoms with Gasteiger partial charge in [0, 0.05) is 18.7 Å². The van der Waals surface area contributed by atoms with Gasteiger partial charge >= 0.3 is 7.12 Å². The number of hydrogen-bond donors (Lipinski definition) is 4. The van der Waals surface area contributed by atoms with E-state index in [2.05, 4.69) is 10.6 Å². The summed E-state index contributed by atoms with van der Waals surface area (Å²) in [5.41, 5.74) is 1.81. The van der Waals surface area contributed by atoms with Crippen molar-refractivity contribution in [3.63, 3.8) is 0 Å². The van der Waals surface area contributed by atoms with Crippen molar-refractivity contribution < 1.29 is 19.6 Å². The Morgan fingerprint density at radius 3 is 2.00 bits per heavy atom. The molecule has 0 spiro atoms. The number of rotatable bonds is 8. The van der Waals surface area contributed by atoms with Crippen molar-refractivity contribution in [1.29, 1.82) is 0 Å². The average molecular weight is 352 g/mol. The molecule has 4 N–H and O–H groups in total. The van der Waals surface area contributed by atoms with Crippen LogP contribution in [0.4, 0.5) is 0 Å². The molecular formula is C19H21BN2O4. The second kappa shape index (κ2) is 10.2. The van der Waals surface area contributed by atoms with E-state index in [-0.39, 0.29) is 6.42 Å². The van der Waals surface area contributed by atoms with Gasteiger partial charge in [0.25, 0.3) is 0 Å². The molecule has 1 atom stereocenters. The molecule has 0 bridgehead atoms. The van der Waals surface area contributed by atoms with E-state index in [4.69, 9.17) is 0 Å². The fraction of sp³-hybridized carbons (Fsp3) is 0.158. The number of amides is 2. The summed E-state index contributed by atoms with van der Waals surface area (Å²) < 4.78 is 0. The van der Waals surface area contributed by atoms with E-state index in [0.717, 1.165) is 23.3 Å². The van der Waals surface area contributed by atoms with Gasteiger partial charge in [-0.15, -0.1) is 0 Å². The molecule has 0 aliphatic heterocycles. The first-order valence-electron chi connectivity index (χ1n) is 8.25. The summed E-state index contributed by atoms with van der Waals surface area (Å²) in [5, 5.41) is 24.0. The topological polar surface area (TPSA) is 98.7 Å². The maximum Gasteiger partial charge on any atom is 0.475 e. The molecule has 0 saturated carbocycles. The lowest BCUT2D eigenvalue weighted by Gasteiger charge is -2.16. The normalized spacial score (nSPS) is 11.8. The zero-order chi connectivity index (χ0) is 18.8. The Hall–Kier alpha value is -2.90. The predicted molar refractivity (Wildman–Crippen MR) is 99.7 cm³/mol. The molecule has 0 aliphatic rings. The van der Waals surface area contributed by atoms with Crippen molar-refractivity contribution in [2.24, 2.45) is 0 Å². The van der Waals surface area contributed by atoms with Crippen LogP contribution in [-0.2, 0) is 22.6 Å². The summed E-state index contributed by atoms with van der Waals surface area (Å²) in [6.07, 6.45) is 2.45. The van der Waals surface area contributed by atoms with Crippen LogP contribution < -0.4 is 10.6 Å². The van der Waals surface area contributed by atoms with E-state index in [0.29, 0.717) is 6.54 Å². The van der Waals surface area contributed by atoms with Crippen LogP contribution in [0, 0.1) is 0 Å². The molecular weight excluding hydrogens is 331 g/mol. The van der Waals surface area contributed by atoms with Crippen LogP contribution in [-0.4, -0.2) is 34.9 Å². The smallest absolute Gasteiger partial charge is 0.426 e. The average Bonchev–Trinajstić information content (AvgIpc) is 2.66. The maximum absolute atomic E-state index is 11.9. The van der Waals surface area contributed by atoms with Crippen molar-refractivity contribution in [3.8, 4) is 0 Å². The molecule has 0 unspecified atom stereocenters. The molecule has 2 rings (SSSR count). The molecule has 0 fully saturated rings. The van der Waals surface area contributed by atoms with Gasteiger partial charge in [-0.3, -0.25) is 9.59 Å². The lowest BCUT2D eigenvalue weighted by molar-refractivity contribution is -0.119. The largest absolute Gasteiger partial charge is 0.475 e. The number of nitrogens with one attached hydrogen (secondary N) is 2. The first-order valence-corrected chi connectivity index (χ1v) is 8.25. The monoisotopic (exact) mass is 352 g/mol. The number of hydrogen-bond acceptors (Lipinski definition) is 4. The van der Waals surface area contributed by atoms with E-state index in [9.17, 15) is 19.6 Å². The van der Waals surface area contributed by atoms with Crippen LogP contribution in [0.1, 0.15) is 11.1 Å². The molecule has 0 aliphatic carbocycles. The summed E-state index contributed by atoms with van der Waals surface area (Å²) in [6, 6.07) is 18.6. The van der Waals surface area contributed by atoms with Crippen LogP contribution in [0.3, 0.4) is 0 Å². The fourth-order valence-corrected chi connectivity index (χ4v) is 2.33. The SMILES string of the molecule is O=C(/C=C/C(=O)N[C@@H](Cc1ccccc1)B(O)O)NCc1ccccc1. The van der Waals surface area contributed by atoms with Crippen molar-refractivity contribution in [2.45, 2.75) is 18.9 Å². The van der Waals surface area contributed by atoms with Gasteiger partial charge in [-0.2, -0.15) is 0 Å². The lowest BCUT2D eigenvalue weighted by Crippen LogP contribution is -2.47. The van der Waals surface area contributed by atoms with Crippen LogP contribution in [0.25, 0.3) is 0 Å². The van der Waals surface area contributed by atoms with Crippen molar-refractivity contribution in [2.75, 3.05) is 0 Å². The Labute approximate surface area is 152 Å². The molecule has 6 nitrogen and oxygen atoms in total. The maximum atomic E-state index is 11.9. The van der Waals surface area contributed by atoms with Gasteiger partial charge in [0.1, 0.15) is 0 Å². The highest BCUT2D eigenvalue weighted by molar-refractivity contribution is 6.43. The zero-order valence-corrected chi connectivity index (χ0v) is 14.2. The first kappa shape index (κ1) is 19.4. The number of carbonyl (C=O) groups excluding carboxylic acids is 2. The Kier molecular flexibility index (Phi) is 7.60. The van der Waals surface area contributed by atoms with Gasteiger partial charge in [0.15, 0.2) is 0 Å². The molecule has 0 aromatic heterocycles. The highest BCUT2D eigenvalue weighted by Crippen LogP contribution is 2.04. The van der Waals surface area contributed by atoms with Crippen LogP contribution in [0.15, 0.2) is 72.8 Å². The highest BCUT2D eigenvalue weighted by Gasteiger charge is 2.24. The van der Waals surface area contributed by atoms with Crippen LogP contribution in [0.2, 0.25) is 0 Å². The Bertz CT molecular complexity index is 736. The van der Waals surface area contributed by atoms with E-state index >= 15 is 0 Å². The standard InChI is InChI=1S/C19H21BN2O4/c23-18(21-14-16-9-5-2-6-10-16)11-12-19(24)22-17(20(25)26)13-15-7-3-1-4-8-15/h1-12,17,25-26H,13-14H2,(H,21,23)(H,22,24)/b12-11+/t17-/m0/s1. The summed E-state index contributed by atoms with van der Waals surface area (Å²) in [6.45, 7) is 0.359. The quantitative estimate of drug-likeness (QED) is 0.413. The van der Waals surface area contributed by atoms with Gasteiger partial charge in [0.05, 0.1) is 5.94 Å². The molecule has 0 radical (unpaired) electrons. The van der Waals surface area contributed by atoms with Crippen molar-refractivity contribution in [3.05, 3.63) is 83.9 Å². The van der Waals surface area contributed by atoms with Gasteiger partial charge in [-0.25, -0.2) is 0 Å². The molecule has 0 heterocycles. The summed E-state index contributed by atoms with van der Waals surface area (Å²) >= 11 is 0. The molecule has 0 saturated heterocycles. The molecule has 134 valence electrons. The third-order valence-electron chi connectivity index (χ3n) is 3.68. The van der Waals surface area contributed by atoms with Gasteiger partial charge < -0.3 is 20.7 Å². The van der Waals surface area contributed by atoms with Crippen molar-refractivity contribution >= 4 is 18.9 Å². The number of benzene rings is 2. The molecule has 2 amide bonds. The van der Waals surface area contributed by atoms with E-state index in [1.54, 1.807) is 0 Å².